The minimum Gasteiger partial charge on any atom is -0.494 e. The third kappa shape index (κ3) is 5.33. The maximum atomic E-state index is 13.2. The number of amides is 2. The third-order valence-corrected chi connectivity index (χ3v) is 4.26. The largest absolute Gasteiger partial charge is 0.494 e. The van der Waals surface area contributed by atoms with E-state index in [9.17, 15) is 14.0 Å². The molecule has 7 heteroatoms. The van der Waals surface area contributed by atoms with E-state index >= 15 is 0 Å². The van der Waals surface area contributed by atoms with Crippen LogP contribution in [0, 0.1) is 5.82 Å². The van der Waals surface area contributed by atoms with Crippen LogP contribution in [-0.2, 0) is 0 Å². The summed E-state index contributed by atoms with van der Waals surface area (Å²) in [6, 6.07) is 17.2. The molecule has 148 valence electrons. The van der Waals surface area contributed by atoms with E-state index in [-0.39, 0.29) is 10.9 Å². The molecule has 0 bridgehead atoms. The Morgan fingerprint density at radius 3 is 2.17 bits per heavy atom. The molecule has 29 heavy (non-hydrogen) atoms. The highest BCUT2D eigenvalue weighted by atomic mass is 35.5. The van der Waals surface area contributed by atoms with Crippen LogP contribution < -0.4 is 15.4 Å². The number of carbonyl (C=O) groups excluding carboxylic acids is 2. The summed E-state index contributed by atoms with van der Waals surface area (Å²) in [5.74, 6) is -0.703. The Bertz CT molecular complexity index is 1060. The lowest BCUT2D eigenvalue weighted by atomic mass is 10.1. The molecule has 0 unspecified atom stereocenters. The average molecular weight is 413 g/mol. The van der Waals surface area contributed by atoms with Gasteiger partial charge in [0.25, 0.3) is 11.8 Å². The molecule has 5 nitrogen and oxygen atoms in total. The van der Waals surface area contributed by atoms with Gasteiger partial charge in [-0.05, 0) is 61.5 Å². The summed E-state index contributed by atoms with van der Waals surface area (Å²) in [7, 11) is 0. The Morgan fingerprint density at radius 2 is 1.52 bits per heavy atom. The van der Waals surface area contributed by atoms with E-state index in [4.69, 9.17) is 16.3 Å². The predicted octanol–water partition coefficient (Wildman–Crippen LogP) is 5.38. The zero-order valence-corrected chi connectivity index (χ0v) is 16.3. The van der Waals surface area contributed by atoms with Crippen LogP contribution in [0.1, 0.15) is 27.6 Å². The summed E-state index contributed by atoms with van der Waals surface area (Å²) < 4.78 is 18.7. The number of ether oxygens (including phenoxy) is 1. The fraction of sp³-hybridized carbons (Fsp3) is 0.0909. The molecule has 0 heterocycles. The summed E-state index contributed by atoms with van der Waals surface area (Å²) in [5.41, 5.74) is 1.59. The number of nitrogens with one attached hydrogen (secondary N) is 2. The maximum absolute atomic E-state index is 13.2. The highest BCUT2D eigenvalue weighted by Gasteiger charge is 2.11. The molecule has 0 aromatic heterocycles. The molecule has 2 amide bonds. The quantitative estimate of drug-likeness (QED) is 0.571. The normalized spacial score (nSPS) is 10.3. The summed E-state index contributed by atoms with van der Waals surface area (Å²) in [5, 5.41) is 5.31. The second-order valence-electron chi connectivity index (χ2n) is 6.08. The van der Waals surface area contributed by atoms with Crippen molar-refractivity contribution in [2.24, 2.45) is 0 Å². The van der Waals surface area contributed by atoms with Gasteiger partial charge in [-0.15, -0.1) is 0 Å². The fourth-order valence-electron chi connectivity index (χ4n) is 2.61. The first-order valence-electron chi connectivity index (χ1n) is 8.87. The molecule has 0 atom stereocenters. The highest BCUT2D eigenvalue weighted by molar-refractivity contribution is 6.31. The Morgan fingerprint density at radius 1 is 0.897 bits per heavy atom. The highest BCUT2D eigenvalue weighted by Crippen LogP contribution is 2.21. The van der Waals surface area contributed by atoms with E-state index in [0.29, 0.717) is 34.9 Å². The topological polar surface area (TPSA) is 67.4 Å². The molecule has 3 rings (SSSR count). The average Bonchev–Trinajstić information content (AvgIpc) is 2.71. The Labute approximate surface area is 172 Å². The van der Waals surface area contributed by atoms with E-state index in [1.165, 1.54) is 18.2 Å². The van der Waals surface area contributed by atoms with Gasteiger partial charge < -0.3 is 15.4 Å². The van der Waals surface area contributed by atoms with Crippen LogP contribution in [0.5, 0.6) is 5.75 Å². The molecular formula is C22H18ClFN2O3. The van der Waals surface area contributed by atoms with E-state index in [2.05, 4.69) is 10.6 Å². The Kier molecular flexibility index (Phi) is 6.46. The molecule has 0 saturated heterocycles. The van der Waals surface area contributed by atoms with Gasteiger partial charge >= 0.3 is 0 Å². The molecule has 2 N–H and O–H groups in total. The number of halogens is 2. The molecule has 0 saturated carbocycles. The van der Waals surface area contributed by atoms with Crippen molar-refractivity contribution in [3.8, 4) is 5.75 Å². The van der Waals surface area contributed by atoms with E-state index in [1.54, 1.807) is 48.5 Å². The van der Waals surface area contributed by atoms with Gasteiger partial charge in [-0.1, -0.05) is 23.7 Å². The SMILES string of the molecule is CCOc1cccc(C(=O)Nc2cccc(C(=O)Nc3ccc(F)c(Cl)c3)c2)c1. The lowest BCUT2D eigenvalue weighted by Crippen LogP contribution is -2.14. The second kappa shape index (κ2) is 9.21. The first kappa shape index (κ1) is 20.4. The summed E-state index contributed by atoms with van der Waals surface area (Å²) in [6.07, 6.45) is 0. The van der Waals surface area contributed by atoms with Crippen LogP contribution in [0.3, 0.4) is 0 Å². The first-order chi connectivity index (χ1) is 14.0. The van der Waals surface area contributed by atoms with E-state index in [0.717, 1.165) is 0 Å². The van der Waals surface area contributed by atoms with Gasteiger partial charge in [0, 0.05) is 22.5 Å². The number of carbonyl (C=O) groups is 2. The van der Waals surface area contributed by atoms with Crippen molar-refractivity contribution in [3.05, 3.63) is 88.7 Å². The van der Waals surface area contributed by atoms with Gasteiger partial charge in [-0.2, -0.15) is 0 Å². The maximum Gasteiger partial charge on any atom is 0.255 e. The van der Waals surface area contributed by atoms with Crippen LogP contribution in [0.4, 0.5) is 15.8 Å². The third-order valence-electron chi connectivity index (χ3n) is 3.97. The van der Waals surface area contributed by atoms with Gasteiger partial charge in [0.2, 0.25) is 0 Å². The molecule has 3 aromatic carbocycles. The minimum atomic E-state index is -0.567. The Balaban J connectivity index is 1.71. The molecule has 0 aliphatic heterocycles. The van der Waals surface area contributed by atoms with Gasteiger partial charge in [0.05, 0.1) is 11.6 Å². The van der Waals surface area contributed by atoms with Crippen molar-refractivity contribution in [1.82, 2.24) is 0 Å². The standard InChI is InChI=1S/C22H18ClFN2O3/c1-2-29-18-8-4-6-15(12-18)22(28)25-16-7-3-5-14(11-16)21(27)26-17-9-10-20(24)19(23)13-17/h3-13H,2H2,1H3,(H,25,28)(H,26,27). The molecular weight excluding hydrogens is 395 g/mol. The van der Waals surface area contributed by atoms with Crippen LogP contribution in [-0.4, -0.2) is 18.4 Å². The molecule has 0 fully saturated rings. The van der Waals surface area contributed by atoms with Crippen LogP contribution in [0.15, 0.2) is 66.7 Å². The number of benzene rings is 3. The van der Waals surface area contributed by atoms with Gasteiger partial charge in [-0.25, -0.2) is 4.39 Å². The second-order valence-corrected chi connectivity index (χ2v) is 6.49. The van der Waals surface area contributed by atoms with Gasteiger partial charge in [0.1, 0.15) is 11.6 Å². The molecule has 0 aliphatic rings. The molecule has 0 aliphatic carbocycles. The van der Waals surface area contributed by atoms with E-state index < -0.39 is 11.7 Å². The fourth-order valence-corrected chi connectivity index (χ4v) is 2.79. The van der Waals surface area contributed by atoms with Crippen LogP contribution >= 0.6 is 11.6 Å². The minimum absolute atomic E-state index is 0.0851. The summed E-state index contributed by atoms with van der Waals surface area (Å²) in [4.78, 5) is 25.0. The predicted molar refractivity (Wildman–Crippen MR) is 111 cm³/mol. The zero-order chi connectivity index (χ0) is 20.8. The van der Waals surface area contributed by atoms with Crippen molar-refractivity contribution >= 4 is 34.8 Å². The number of hydrogen-bond acceptors (Lipinski definition) is 3. The van der Waals surface area contributed by atoms with Crippen molar-refractivity contribution in [2.75, 3.05) is 17.2 Å². The molecule has 0 radical (unpaired) electrons. The van der Waals surface area contributed by atoms with Crippen molar-refractivity contribution < 1.29 is 18.7 Å². The molecule has 0 spiro atoms. The van der Waals surface area contributed by atoms with E-state index in [1.807, 2.05) is 6.92 Å². The van der Waals surface area contributed by atoms with Crippen molar-refractivity contribution in [1.29, 1.82) is 0 Å². The zero-order valence-electron chi connectivity index (χ0n) is 15.5. The van der Waals surface area contributed by atoms with Crippen molar-refractivity contribution in [3.63, 3.8) is 0 Å². The number of anilines is 2. The lowest BCUT2D eigenvalue weighted by Gasteiger charge is -2.10. The smallest absolute Gasteiger partial charge is 0.255 e. The number of hydrogen-bond donors (Lipinski definition) is 2. The van der Waals surface area contributed by atoms with Gasteiger partial charge in [0.15, 0.2) is 0 Å². The monoisotopic (exact) mass is 412 g/mol. The lowest BCUT2D eigenvalue weighted by molar-refractivity contribution is 0.101. The van der Waals surface area contributed by atoms with Crippen LogP contribution in [0.25, 0.3) is 0 Å². The molecule has 3 aromatic rings. The number of rotatable bonds is 6. The first-order valence-corrected chi connectivity index (χ1v) is 9.24. The Hall–Kier alpha value is -3.38. The summed E-state index contributed by atoms with van der Waals surface area (Å²) >= 11 is 5.73. The summed E-state index contributed by atoms with van der Waals surface area (Å²) in [6.45, 7) is 2.37. The van der Waals surface area contributed by atoms with Crippen molar-refractivity contribution in [2.45, 2.75) is 6.92 Å². The van der Waals surface area contributed by atoms with Gasteiger partial charge in [-0.3, -0.25) is 9.59 Å². The van der Waals surface area contributed by atoms with Crippen LogP contribution in [0.2, 0.25) is 5.02 Å².